The number of aromatic carboxylic acids is 1. The summed E-state index contributed by atoms with van der Waals surface area (Å²) in [7, 11) is 0. The highest BCUT2D eigenvalue weighted by Gasteiger charge is 2.25. The number of hydrogen-bond acceptors (Lipinski definition) is 2. The Bertz CT molecular complexity index is 397. The monoisotopic (exact) mass is 242 g/mol. The van der Waals surface area contributed by atoms with Gasteiger partial charge < -0.3 is 10.2 Å². The van der Waals surface area contributed by atoms with E-state index in [0.717, 1.165) is 12.0 Å². The van der Waals surface area contributed by atoms with Gasteiger partial charge in [-0.25, -0.2) is 4.79 Å². The van der Waals surface area contributed by atoms with E-state index < -0.39 is 5.97 Å². The van der Waals surface area contributed by atoms with Crippen molar-refractivity contribution >= 4 is 17.6 Å². The third-order valence-electron chi connectivity index (χ3n) is 3.00. The molecule has 1 aromatic rings. The van der Waals surface area contributed by atoms with E-state index in [9.17, 15) is 9.90 Å². The van der Waals surface area contributed by atoms with Gasteiger partial charge in [0.2, 0.25) is 0 Å². The Morgan fingerprint density at radius 1 is 1.50 bits per heavy atom. The zero-order valence-corrected chi connectivity index (χ0v) is 10.1. The van der Waals surface area contributed by atoms with Crippen LogP contribution in [0.15, 0.2) is 18.2 Å². The van der Waals surface area contributed by atoms with Gasteiger partial charge in [0, 0.05) is 11.3 Å². The van der Waals surface area contributed by atoms with Gasteiger partial charge in [0.1, 0.15) is 11.3 Å². The fourth-order valence-corrected chi connectivity index (χ4v) is 1.80. The van der Waals surface area contributed by atoms with Crippen molar-refractivity contribution in [2.75, 3.05) is 5.88 Å². The molecule has 0 aromatic heterocycles. The molecule has 0 bridgehead atoms. The molecule has 0 amide bonds. The van der Waals surface area contributed by atoms with Crippen molar-refractivity contribution in [3.05, 3.63) is 29.3 Å². The number of alkyl halides is 1. The molecule has 0 aliphatic rings. The van der Waals surface area contributed by atoms with E-state index >= 15 is 0 Å². The van der Waals surface area contributed by atoms with Crippen molar-refractivity contribution in [3.63, 3.8) is 0 Å². The average Bonchev–Trinajstić information content (AvgIpc) is 2.28. The summed E-state index contributed by atoms with van der Waals surface area (Å²) >= 11 is 5.91. The second kappa shape index (κ2) is 4.74. The molecule has 1 atom stereocenters. The Hall–Kier alpha value is -1.22. The molecular formula is C12H15ClO3. The summed E-state index contributed by atoms with van der Waals surface area (Å²) in [5, 5.41) is 18.3. The van der Waals surface area contributed by atoms with Crippen molar-refractivity contribution in [1.29, 1.82) is 0 Å². The predicted molar refractivity (Wildman–Crippen MR) is 63.4 cm³/mol. The number of carboxylic acid groups (broad SMARTS) is 1. The number of halogens is 1. The molecule has 0 radical (unpaired) electrons. The minimum Gasteiger partial charge on any atom is -0.507 e. The van der Waals surface area contributed by atoms with Crippen LogP contribution in [-0.4, -0.2) is 22.1 Å². The molecule has 0 aliphatic heterocycles. The maximum Gasteiger partial charge on any atom is 0.339 e. The SMILES string of the molecule is CCC(C)(CCl)c1ccc(O)c(C(=O)O)c1. The first kappa shape index (κ1) is 12.8. The Morgan fingerprint density at radius 3 is 2.56 bits per heavy atom. The molecule has 1 unspecified atom stereocenters. The van der Waals surface area contributed by atoms with E-state index in [2.05, 4.69) is 0 Å². The molecule has 88 valence electrons. The molecule has 1 aromatic carbocycles. The second-order valence-electron chi connectivity index (χ2n) is 4.08. The van der Waals surface area contributed by atoms with Gasteiger partial charge in [0.15, 0.2) is 0 Å². The molecule has 0 fully saturated rings. The van der Waals surface area contributed by atoms with Crippen LogP contribution in [0, 0.1) is 0 Å². The summed E-state index contributed by atoms with van der Waals surface area (Å²) in [6.45, 7) is 3.97. The predicted octanol–water partition coefficient (Wildman–Crippen LogP) is 3.00. The lowest BCUT2D eigenvalue weighted by Crippen LogP contribution is -2.23. The molecule has 16 heavy (non-hydrogen) atoms. The van der Waals surface area contributed by atoms with E-state index in [1.54, 1.807) is 6.07 Å². The van der Waals surface area contributed by atoms with Gasteiger partial charge in [-0.2, -0.15) is 0 Å². The third-order valence-corrected chi connectivity index (χ3v) is 3.59. The zero-order chi connectivity index (χ0) is 12.3. The Labute approximate surface area is 99.7 Å². The quantitative estimate of drug-likeness (QED) is 0.798. The number of benzene rings is 1. The molecular weight excluding hydrogens is 228 g/mol. The lowest BCUT2D eigenvalue weighted by molar-refractivity contribution is 0.0693. The Kier molecular flexibility index (Phi) is 3.81. The average molecular weight is 243 g/mol. The van der Waals surface area contributed by atoms with Crippen molar-refractivity contribution in [2.24, 2.45) is 0 Å². The van der Waals surface area contributed by atoms with Gasteiger partial charge in [0.05, 0.1) is 0 Å². The molecule has 3 nitrogen and oxygen atoms in total. The number of carbonyl (C=O) groups is 1. The van der Waals surface area contributed by atoms with Crippen LogP contribution in [0.1, 0.15) is 36.2 Å². The van der Waals surface area contributed by atoms with Crippen molar-refractivity contribution < 1.29 is 15.0 Å². The minimum atomic E-state index is -1.13. The summed E-state index contributed by atoms with van der Waals surface area (Å²) in [6.07, 6.45) is 0.806. The van der Waals surface area contributed by atoms with E-state index in [0.29, 0.717) is 5.88 Å². The zero-order valence-electron chi connectivity index (χ0n) is 9.33. The maximum atomic E-state index is 10.9. The van der Waals surface area contributed by atoms with E-state index in [1.165, 1.54) is 12.1 Å². The first-order chi connectivity index (χ1) is 7.44. The van der Waals surface area contributed by atoms with Gasteiger partial charge in [-0.3, -0.25) is 0 Å². The number of phenols is 1. The topological polar surface area (TPSA) is 57.5 Å². The van der Waals surface area contributed by atoms with E-state index in [-0.39, 0.29) is 16.7 Å². The molecule has 2 N–H and O–H groups in total. The maximum absolute atomic E-state index is 10.9. The van der Waals surface area contributed by atoms with E-state index in [4.69, 9.17) is 16.7 Å². The second-order valence-corrected chi connectivity index (χ2v) is 4.35. The van der Waals surface area contributed by atoms with Crippen molar-refractivity contribution in [3.8, 4) is 5.75 Å². The van der Waals surface area contributed by atoms with Crippen LogP contribution in [0.2, 0.25) is 0 Å². The number of hydrogen-bond donors (Lipinski definition) is 2. The first-order valence-electron chi connectivity index (χ1n) is 5.07. The summed E-state index contributed by atoms with van der Waals surface area (Å²) in [6, 6.07) is 4.61. The van der Waals surface area contributed by atoms with Gasteiger partial charge in [-0.1, -0.05) is 19.9 Å². The van der Waals surface area contributed by atoms with Crippen LogP contribution in [0.3, 0.4) is 0 Å². The number of carboxylic acids is 1. The molecule has 1 rings (SSSR count). The van der Waals surface area contributed by atoms with Crippen LogP contribution in [0.25, 0.3) is 0 Å². The fraction of sp³-hybridized carbons (Fsp3) is 0.417. The molecule has 0 heterocycles. The first-order valence-corrected chi connectivity index (χ1v) is 5.61. The molecule has 0 spiro atoms. The van der Waals surface area contributed by atoms with Crippen molar-refractivity contribution in [2.45, 2.75) is 25.7 Å². The van der Waals surface area contributed by atoms with Crippen LogP contribution in [0.5, 0.6) is 5.75 Å². The minimum absolute atomic E-state index is 0.0812. The lowest BCUT2D eigenvalue weighted by Gasteiger charge is -2.26. The van der Waals surface area contributed by atoms with Gasteiger partial charge in [-0.15, -0.1) is 11.6 Å². The fourth-order valence-electron chi connectivity index (χ4n) is 1.46. The molecule has 4 heteroatoms. The van der Waals surface area contributed by atoms with Crippen LogP contribution >= 0.6 is 11.6 Å². The van der Waals surface area contributed by atoms with Crippen LogP contribution < -0.4 is 0 Å². The molecule has 0 saturated carbocycles. The Morgan fingerprint density at radius 2 is 2.12 bits per heavy atom. The molecule has 0 saturated heterocycles. The highest BCUT2D eigenvalue weighted by molar-refractivity contribution is 6.18. The van der Waals surface area contributed by atoms with Gasteiger partial charge >= 0.3 is 5.97 Å². The third kappa shape index (κ3) is 2.30. The van der Waals surface area contributed by atoms with E-state index in [1.807, 2.05) is 13.8 Å². The lowest BCUT2D eigenvalue weighted by atomic mass is 9.81. The largest absolute Gasteiger partial charge is 0.507 e. The van der Waals surface area contributed by atoms with Crippen LogP contribution in [0.4, 0.5) is 0 Å². The Balaban J connectivity index is 3.27. The van der Waals surface area contributed by atoms with Gasteiger partial charge in [-0.05, 0) is 24.1 Å². The van der Waals surface area contributed by atoms with Gasteiger partial charge in [0.25, 0.3) is 0 Å². The highest BCUT2D eigenvalue weighted by Crippen LogP contribution is 2.31. The smallest absolute Gasteiger partial charge is 0.339 e. The standard InChI is InChI=1S/C12H15ClO3/c1-3-12(2,7-13)8-4-5-10(14)9(6-8)11(15)16/h4-6,14H,3,7H2,1-2H3,(H,15,16). The van der Waals surface area contributed by atoms with Crippen LogP contribution in [-0.2, 0) is 5.41 Å². The summed E-state index contributed by atoms with van der Waals surface area (Å²) in [4.78, 5) is 10.9. The summed E-state index contributed by atoms with van der Waals surface area (Å²) < 4.78 is 0. The summed E-state index contributed by atoms with van der Waals surface area (Å²) in [5.41, 5.74) is 0.488. The highest BCUT2D eigenvalue weighted by atomic mass is 35.5. The summed E-state index contributed by atoms with van der Waals surface area (Å²) in [5.74, 6) is -0.940. The normalized spacial score (nSPS) is 14.4. The molecule has 0 aliphatic carbocycles. The van der Waals surface area contributed by atoms with Crippen molar-refractivity contribution in [1.82, 2.24) is 0 Å². The number of aromatic hydroxyl groups is 1. The number of rotatable bonds is 4.